The lowest BCUT2D eigenvalue weighted by Gasteiger charge is -2.07. The van der Waals surface area contributed by atoms with E-state index in [0.717, 1.165) is 27.7 Å². The van der Waals surface area contributed by atoms with Crippen molar-refractivity contribution in [3.05, 3.63) is 59.9 Å². The Morgan fingerprint density at radius 1 is 1.16 bits per heavy atom. The molecule has 130 valence electrons. The third-order valence-corrected chi connectivity index (χ3v) is 4.18. The quantitative estimate of drug-likeness (QED) is 0.645. The van der Waals surface area contributed by atoms with Gasteiger partial charge in [-0.3, -0.25) is 4.79 Å². The molecular weight excluding hydrogens is 319 g/mol. The van der Waals surface area contributed by atoms with Gasteiger partial charge in [0.2, 0.25) is 5.91 Å². The monoisotopic (exact) mass is 340 g/mol. The Kier molecular flexibility index (Phi) is 5.46. The van der Waals surface area contributed by atoms with Gasteiger partial charge >= 0.3 is 0 Å². The second kappa shape index (κ2) is 7.94. The number of amides is 1. The molecule has 2 N–H and O–H groups in total. The lowest BCUT2D eigenvalue weighted by molar-refractivity contribution is -0.121. The number of nitrogens with one attached hydrogen (secondary N) is 2. The Morgan fingerprint density at radius 3 is 2.68 bits per heavy atom. The largest absolute Gasteiger partial charge is 0.383 e. The van der Waals surface area contributed by atoms with Gasteiger partial charge in [-0.1, -0.05) is 18.2 Å². The van der Waals surface area contributed by atoms with Crippen LogP contribution in [0.3, 0.4) is 0 Å². The van der Waals surface area contributed by atoms with Crippen molar-refractivity contribution >= 4 is 16.8 Å². The van der Waals surface area contributed by atoms with Gasteiger partial charge in [-0.25, -0.2) is 4.39 Å². The Morgan fingerprint density at radius 2 is 1.92 bits per heavy atom. The summed E-state index contributed by atoms with van der Waals surface area (Å²) in [6, 6.07) is 14.4. The second-order valence-electron chi connectivity index (χ2n) is 5.87. The van der Waals surface area contributed by atoms with Crippen molar-refractivity contribution in [3.63, 3.8) is 0 Å². The van der Waals surface area contributed by atoms with E-state index in [1.54, 1.807) is 19.2 Å². The summed E-state index contributed by atoms with van der Waals surface area (Å²) in [6.07, 6.45) is 0.995. The van der Waals surface area contributed by atoms with E-state index < -0.39 is 0 Å². The van der Waals surface area contributed by atoms with Crippen LogP contribution in [0.2, 0.25) is 0 Å². The molecule has 0 saturated heterocycles. The third-order valence-electron chi connectivity index (χ3n) is 4.18. The Labute approximate surface area is 146 Å². The van der Waals surface area contributed by atoms with E-state index in [0.29, 0.717) is 26.0 Å². The summed E-state index contributed by atoms with van der Waals surface area (Å²) in [7, 11) is 1.60. The molecular formula is C20H21FN2O2. The summed E-state index contributed by atoms with van der Waals surface area (Å²) >= 11 is 0. The number of ether oxygens (including phenoxy) is 1. The minimum absolute atomic E-state index is 0.00705. The fourth-order valence-corrected chi connectivity index (χ4v) is 2.94. The molecule has 3 aromatic rings. The molecule has 0 radical (unpaired) electrons. The molecule has 0 aliphatic rings. The van der Waals surface area contributed by atoms with Crippen LogP contribution in [0.15, 0.2) is 48.5 Å². The lowest BCUT2D eigenvalue weighted by Crippen LogP contribution is -2.27. The van der Waals surface area contributed by atoms with Crippen LogP contribution in [0.1, 0.15) is 12.0 Å². The molecule has 3 rings (SSSR count). The number of carbonyl (C=O) groups is 1. The highest BCUT2D eigenvalue weighted by Gasteiger charge is 2.14. The van der Waals surface area contributed by atoms with Crippen LogP contribution in [-0.4, -0.2) is 31.2 Å². The van der Waals surface area contributed by atoms with Crippen LogP contribution in [0, 0.1) is 5.82 Å². The molecule has 5 heteroatoms. The Hall–Kier alpha value is -2.66. The first-order chi connectivity index (χ1) is 12.2. The molecule has 2 aromatic carbocycles. The molecule has 25 heavy (non-hydrogen) atoms. The number of benzene rings is 2. The predicted octanol–water partition coefficient (Wildman–Crippen LogP) is 3.67. The fourth-order valence-electron chi connectivity index (χ4n) is 2.94. The van der Waals surface area contributed by atoms with Gasteiger partial charge in [0.1, 0.15) is 5.82 Å². The zero-order chi connectivity index (χ0) is 17.6. The van der Waals surface area contributed by atoms with Gasteiger partial charge in [0.25, 0.3) is 0 Å². The molecule has 0 aliphatic carbocycles. The number of methoxy groups -OCH3 is 1. The van der Waals surface area contributed by atoms with Crippen LogP contribution in [-0.2, 0) is 16.0 Å². The summed E-state index contributed by atoms with van der Waals surface area (Å²) in [6.45, 7) is 1.01. The molecule has 0 atom stereocenters. The standard InChI is InChI=1S/C20H21FN2O2/c1-25-13-12-22-19(24)11-10-17-16-4-2-3-5-18(16)23-20(17)14-6-8-15(21)9-7-14/h2-9,23H,10-13H2,1H3,(H,22,24). The Bertz CT molecular complexity index is 856. The van der Waals surface area contributed by atoms with E-state index in [4.69, 9.17) is 4.74 Å². The fraction of sp³-hybridized carbons (Fsp3) is 0.250. The third kappa shape index (κ3) is 4.06. The summed E-state index contributed by atoms with van der Waals surface area (Å²) in [5.74, 6) is -0.272. The molecule has 4 nitrogen and oxygen atoms in total. The molecule has 0 spiro atoms. The van der Waals surface area contributed by atoms with Crippen molar-refractivity contribution in [2.24, 2.45) is 0 Å². The molecule has 0 bridgehead atoms. The number of para-hydroxylation sites is 1. The van der Waals surface area contributed by atoms with E-state index in [9.17, 15) is 9.18 Å². The van der Waals surface area contributed by atoms with Gasteiger partial charge in [0.05, 0.1) is 6.61 Å². The van der Waals surface area contributed by atoms with E-state index in [1.807, 2.05) is 24.3 Å². The van der Waals surface area contributed by atoms with Crippen LogP contribution in [0.4, 0.5) is 4.39 Å². The molecule has 1 heterocycles. The maximum absolute atomic E-state index is 13.2. The van der Waals surface area contributed by atoms with Gasteiger partial charge in [-0.15, -0.1) is 0 Å². The van der Waals surface area contributed by atoms with E-state index in [-0.39, 0.29) is 11.7 Å². The van der Waals surface area contributed by atoms with Gasteiger partial charge < -0.3 is 15.0 Å². The summed E-state index contributed by atoms with van der Waals surface area (Å²) < 4.78 is 18.2. The van der Waals surface area contributed by atoms with Gasteiger partial charge in [0.15, 0.2) is 0 Å². The van der Waals surface area contributed by atoms with Crippen molar-refractivity contribution < 1.29 is 13.9 Å². The topological polar surface area (TPSA) is 54.1 Å². The number of aromatic nitrogens is 1. The maximum atomic E-state index is 13.2. The number of H-pyrrole nitrogens is 1. The van der Waals surface area contributed by atoms with Crippen molar-refractivity contribution in [3.8, 4) is 11.3 Å². The highest BCUT2D eigenvalue weighted by atomic mass is 19.1. The average molecular weight is 340 g/mol. The van der Waals surface area contributed by atoms with Gasteiger partial charge in [-0.05, 0) is 47.9 Å². The van der Waals surface area contributed by atoms with Crippen LogP contribution < -0.4 is 5.32 Å². The summed E-state index contributed by atoms with van der Waals surface area (Å²) in [4.78, 5) is 15.4. The number of carbonyl (C=O) groups excluding carboxylic acids is 1. The van der Waals surface area contributed by atoms with E-state index in [2.05, 4.69) is 10.3 Å². The van der Waals surface area contributed by atoms with Crippen molar-refractivity contribution in [2.45, 2.75) is 12.8 Å². The van der Waals surface area contributed by atoms with Crippen molar-refractivity contribution in [1.29, 1.82) is 0 Å². The van der Waals surface area contributed by atoms with Crippen LogP contribution in [0.25, 0.3) is 22.2 Å². The number of hydrogen-bond donors (Lipinski definition) is 2. The average Bonchev–Trinajstić information content (AvgIpc) is 2.99. The van der Waals surface area contributed by atoms with Crippen molar-refractivity contribution in [1.82, 2.24) is 10.3 Å². The van der Waals surface area contributed by atoms with Crippen molar-refractivity contribution in [2.75, 3.05) is 20.3 Å². The normalized spacial score (nSPS) is 11.0. The van der Waals surface area contributed by atoms with E-state index >= 15 is 0 Å². The highest BCUT2D eigenvalue weighted by Crippen LogP contribution is 2.31. The smallest absolute Gasteiger partial charge is 0.220 e. The highest BCUT2D eigenvalue weighted by molar-refractivity contribution is 5.91. The number of rotatable bonds is 7. The molecule has 0 aliphatic heterocycles. The SMILES string of the molecule is COCCNC(=O)CCc1c(-c2ccc(F)cc2)[nH]c2ccccc12. The minimum Gasteiger partial charge on any atom is -0.383 e. The predicted molar refractivity (Wildman–Crippen MR) is 96.9 cm³/mol. The molecule has 0 saturated carbocycles. The number of halogens is 1. The second-order valence-corrected chi connectivity index (χ2v) is 5.87. The van der Waals surface area contributed by atoms with Crippen LogP contribution in [0.5, 0.6) is 0 Å². The molecule has 0 unspecified atom stereocenters. The summed E-state index contributed by atoms with van der Waals surface area (Å²) in [5.41, 5.74) is 3.93. The first kappa shape index (κ1) is 17.2. The number of aromatic amines is 1. The summed E-state index contributed by atoms with van der Waals surface area (Å²) in [5, 5.41) is 3.93. The zero-order valence-corrected chi connectivity index (χ0v) is 14.1. The number of hydrogen-bond acceptors (Lipinski definition) is 2. The molecule has 1 aromatic heterocycles. The first-order valence-electron chi connectivity index (χ1n) is 8.30. The number of fused-ring (bicyclic) bond motifs is 1. The molecule has 1 amide bonds. The van der Waals surface area contributed by atoms with E-state index in [1.165, 1.54) is 12.1 Å². The zero-order valence-electron chi connectivity index (χ0n) is 14.1. The number of aryl methyl sites for hydroxylation is 1. The lowest BCUT2D eigenvalue weighted by atomic mass is 10.0. The van der Waals surface area contributed by atoms with Gasteiger partial charge in [0, 0.05) is 36.7 Å². The van der Waals surface area contributed by atoms with Gasteiger partial charge in [-0.2, -0.15) is 0 Å². The Balaban J connectivity index is 1.86. The first-order valence-corrected chi connectivity index (χ1v) is 8.30. The maximum Gasteiger partial charge on any atom is 0.220 e. The van der Waals surface area contributed by atoms with Crippen LogP contribution >= 0.6 is 0 Å². The molecule has 0 fully saturated rings. The minimum atomic E-state index is -0.265.